The highest BCUT2D eigenvalue weighted by Crippen LogP contribution is 2.17. The van der Waals surface area contributed by atoms with E-state index in [0.29, 0.717) is 13.1 Å². The topological polar surface area (TPSA) is 66.3 Å². The van der Waals surface area contributed by atoms with E-state index < -0.39 is 0 Å². The molecule has 0 radical (unpaired) electrons. The largest absolute Gasteiger partial charge is 0.357 e. The summed E-state index contributed by atoms with van der Waals surface area (Å²) in [4.78, 5) is 20.6. The lowest BCUT2D eigenvalue weighted by molar-refractivity contribution is 0.206. The van der Waals surface area contributed by atoms with Crippen LogP contribution in [0, 0.1) is 0 Å². The lowest BCUT2D eigenvalue weighted by atomic mass is 10.3. The van der Waals surface area contributed by atoms with E-state index in [2.05, 4.69) is 20.3 Å². The van der Waals surface area contributed by atoms with E-state index in [1.54, 1.807) is 22.8 Å². The molecule has 0 bridgehead atoms. The first-order chi connectivity index (χ1) is 11.6. The zero-order valence-electron chi connectivity index (χ0n) is 14.3. The van der Waals surface area contributed by atoms with E-state index in [4.69, 9.17) is 0 Å². The predicted molar refractivity (Wildman–Crippen MR) is 92.6 cm³/mol. The number of carbonyl (C=O) groups excluding carboxylic acids is 1. The van der Waals surface area contributed by atoms with Crippen LogP contribution in [0.1, 0.15) is 24.0 Å². The number of rotatable bonds is 5. The molecule has 1 aliphatic rings. The predicted octanol–water partition coefficient (Wildman–Crippen LogP) is 1.76. The second kappa shape index (κ2) is 7.33. The van der Waals surface area contributed by atoms with Gasteiger partial charge in [0.25, 0.3) is 0 Å². The molecule has 3 heterocycles. The molecule has 0 atom stereocenters. The Morgan fingerprint density at radius 3 is 2.67 bits per heavy atom. The van der Waals surface area contributed by atoms with Crippen LogP contribution in [0.2, 0.25) is 0 Å². The fraction of sp³-hybridized carbons (Fsp3) is 0.471. The molecule has 3 rings (SSSR count). The molecule has 2 aromatic heterocycles. The van der Waals surface area contributed by atoms with Crippen molar-refractivity contribution in [3.8, 4) is 0 Å². The Kier molecular flexibility index (Phi) is 4.98. The number of aromatic nitrogens is 3. The van der Waals surface area contributed by atoms with Gasteiger partial charge in [-0.3, -0.25) is 4.68 Å². The van der Waals surface area contributed by atoms with Gasteiger partial charge in [-0.05, 0) is 24.5 Å². The Bertz CT molecular complexity index is 675. The van der Waals surface area contributed by atoms with Gasteiger partial charge in [-0.1, -0.05) is 6.07 Å². The van der Waals surface area contributed by atoms with Crippen LogP contribution in [0.15, 0.2) is 30.7 Å². The van der Waals surface area contributed by atoms with E-state index >= 15 is 0 Å². The highest BCUT2D eigenvalue weighted by Gasteiger charge is 2.13. The number of aryl methyl sites for hydroxylation is 1. The number of pyridine rings is 1. The molecule has 0 unspecified atom stereocenters. The van der Waals surface area contributed by atoms with E-state index in [1.165, 1.54) is 12.8 Å². The molecule has 0 saturated carbocycles. The number of nitrogens with zero attached hydrogens (tertiary/aromatic N) is 5. The first kappa shape index (κ1) is 16.3. The minimum absolute atomic E-state index is 0.109. The van der Waals surface area contributed by atoms with Crippen LogP contribution in [0.4, 0.5) is 10.6 Å². The zero-order chi connectivity index (χ0) is 16.9. The number of amides is 2. The maximum absolute atomic E-state index is 12.2. The lowest BCUT2D eigenvalue weighted by Gasteiger charge is -2.18. The smallest absolute Gasteiger partial charge is 0.317 e. The molecule has 2 amide bonds. The fourth-order valence-corrected chi connectivity index (χ4v) is 2.87. The van der Waals surface area contributed by atoms with Crippen molar-refractivity contribution in [1.29, 1.82) is 0 Å². The molecular weight excluding hydrogens is 304 g/mol. The SMILES string of the molecule is CN(Cc1cnn(C)c1)C(=O)NCc1ccc(N2CCCC2)nc1. The average molecular weight is 328 g/mol. The van der Waals surface area contributed by atoms with Crippen LogP contribution in [-0.4, -0.2) is 45.8 Å². The molecule has 128 valence electrons. The lowest BCUT2D eigenvalue weighted by Crippen LogP contribution is -2.36. The van der Waals surface area contributed by atoms with Gasteiger partial charge in [0.05, 0.1) is 12.7 Å². The average Bonchev–Trinajstić information content (AvgIpc) is 3.25. The summed E-state index contributed by atoms with van der Waals surface area (Å²) in [7, 11) is 3.64. The maximum Gasteiger partial charge on any atom is 0.317 e. The number of anilines is 1. The highest BCUT2D eigenvalue weighted by atomic mass is 16.2. The van der Waals surface area contributed by atoms with Crippen molar-refractivity contribution in [2.24, 2.45) is 7.05 Å². The van der Waals surface area contributed by atoms with E-state index in [-0.39, 0.29) is 6.03 Å². The number of carbonyl (C=O) groups is 1. The fourth-order valence-electron chi connectivity index (χ4n) is 2.87. The molecule has 24 heavy (non-hydrogen) atoms. The molecule has 0 spiro atoms. The third-order valence-corrected chi connectivity index (χ3v) is 4.21. The maximum atomic E-state index is 12.2. The second-order valence-electron chi connectivity index (χ2n) is 6.26. The number of hydrogen-bond acceptors (Lipinski definition) is 4. The molecule has 1 N–H and O–H groups in total. The summed E-state index contributed by atoms with van der Waals surface area (Å²) in [5, 5.41) is 7.03. The minimum Gasteiger partial charge on any atom is -0.357 e. The Morgan fingerprint density at radius 2 is 2.04 bits per heavy atom. The van der Waals surface area contributed by atoms with Gasteiger partial charge in [0.1, 0.15) is 5.82 Å². The van der Waals surface area contributed by atoms with Crippen LogP contribution in [0.3, 0.4) is 0 Å². The Labute approximate surface area is 142 Å². The zero-order valence-corrected chi connectivity index (χ0v) is 14.3. The van der Waals surface area contributed by atoms with Gasteiger partial charge in [0.15, 0.2) is 0 Å². The summed E-state index contributed by atoms with van der Waals surface area (Å²) >= 11 is 0. The third kappa shape index (κ3) is 4.04. The van der Waals surface area contributed by atoms with Crippen molar-refractivity contribution in [3.05, 3.63) is 41.9 Å². The summed E-state index contributed by atoms with van der Waals surface area (Å²) in [5.74, 6) is 1.02. The van der Waals surface area contributed by atoms with Crippen LogP contribution in [-0.2, 0) is 20.1 Å². The van der Waals surface area contributed by atoms with E-state index in [9.17, 15) is 4.79 Å². The third-order valence-electron chi connectivity index (χ3n) is 4.21. The van der Waals surface area contributed by atoms with Crippen LogP contribution < -0.4 is 10.2 Å². The second-order valence-corrected chi connectivity index (χ2v) is 6.26. The monoisotopic (exact) mass is 328 g/mol. The summed E-state index contributed by atoms with van der Waals surface area (Å²) in [6.45, 7) is 3.18. The van der Waals surface area contributed by atoms with Crippen molar-refractivity contribution in [1.82, 2.24) is 25.0 Å². The van der Waals surface area contributed by atoms with Gasteiger partial charge in [-0.2, -0.15) is 5.10 Å². The number of urea groups is 1. The van der Waals surface area contributed by atoms with Crippen LogP contribution in [0.25, 0.3) is 0 Å². The van der Waals surface area contributed by atoms with Gasteiger partial charge in [0, 0.05) is 51.7 Å². The van der Waals surface area contributed by atoms with E-state index in [0.717, 1.165) is 30.0 Å². The summed E-state index contributed by atoms with van der Waals surface area (Å²) < 4.78 is 1.73. The quantitative estimate of drug-likeness (QED) is 0.908. The van der Waals surface area contributed by atoms with Crippen molar-refractivity contribution < 1.29 is 4.79 Å². The van der Waals surface area contributed by atoms with Gasteiger partial charge in [-0.25, -0.2) is 9.78 Å². The summed E-state index contributed by atoms with van der Waals surface area (Å²) in [6, 6.07) is 3.95. The molecule has 1 saturated heterocycles. The van der Waals surface area contributed by atoms with Gasteiger partial charge < -0.3 is 15.1 Å². The van der Waals surface area contributed by atoms with Gasteiger partial charge in [-0.15, -0.1) is 0 Å². The normalized spacial score (nSPS) is 14.0. The molecule has 7 nitrogen and oxygen atoms in total. The molecule has 0 aliphatic carbocycles. The molecule has 1 aliphatic heterocycles. The summed E-state index contributed by atoms with van der Waals surface area (Å²) in [6.07, 6.45) is 8.00. The van der Waals surface area contributed by atoms with Crippen molar-refractivity contribution in [2.45, 2.75) is 25.9 Å². The Balaban J connectivity index is 1.48. The minimum atomic E-state index is -0.109. The number of nitrogens with one attached hydrogen (secondary N) is 1. The van der Waals surface area contributed by atoms with Gasteiger partial charge >= 0.3 is 6.03 Å². The van der Waals surface area contributed by atoms with Crippen molar-refractivity contribution >= 4 is 11.8 Å². The van der Waals surface area contributed by atoms with Crippen LogP contribution in [0.5, 0.6) is 0 Å². The molecule has 0 aromatic carbocycles. The van der Waals surface area contributed by atoms with Crippen LogP contribution >= 0.6 is 0 Å². The first-order valence-corrected chi connectivity index (χ1v) is 8.28. The Morgan fingerprint density at radius 1 is 1.25 bits per heavy atom. The van der Waals surface area contributed by atoms with Crippen molar-refractivity contribution in [2.75, 3.05) is 25.0 Å². The molecule has 7 heteroatoms. The Hall–Kier alpha value is -2.57. The standard InChI is InChI=1S/C17H24N6O/c1-21(12-15-11-20-22(2)13-15)17(24)19-10-14-5-6-16(18-9-14)23-7-3-4-8-23/h5-6,9,11,13H,3-4,7-8,10,12H2,1-2H3,(H,19,24). The van der Waals surface area contributed by atoms with Crippen molar-refractivity contribution in [3.63, 3.8) is 0 Å². The first-order valence-electron chi connectivity index (χ1n) is 8.28. The molecule has 1 fully saturated rings. The highest BCUT2D eigenvalue weighted by molar-refractivity contribution is 5.73. The molecule has 2 aromatic rings. The van der Waals surface area contributed by atoms with Gasteiger partial charge in [0.2, 0.25) is 0 Å². The summed E-state index contributed by atoms with van der Waals surface area (Å²) in [5.41, 5.74) is 2.01. The number of hydrogen-bond donors (Lipinski definition) is 1. The van der Waals surface area contributed by atoms with E-state index in [1.807, 2.05) is 31.6 Å². The molecular formula is C17H24N6O.